The molecule has 1 aromatic heterocycles. The van der Waals surface area contributed by atoms with Gasteiger partial charge in [-0.1, -0.05) is 30.3 Å². The average Bonchev–Trinajstić information content (AvgIpc) is 3.31. The first kappa shape index (κ1) is 18.0. The maximum absolute atomic E-state index is 4.86. The van der Waals surface area contributed by atoms with Crippen molar-refractivity contribution >= 4 is 5.96 Å². The van der Waals surface area contributed by atoms with Gasteiger partial charge < -0.3 is 14.8 Å². The van der Waals surface area contributed by atoms with Gasteiger partial charge in [0, 0.05) is 52.2 Å². The molecule has 0 unspecified atom stereocenters. The minimum absolute atomic E-state index is 0.597. The number of fused-ring (bicyclic) bond motifs is 1. The van der Waals surface area contributed by atoms with Crippen LogP contribution in [0.1, 0.15) is 30.6 Å². The van der Waals surface area contributed by atoms with Crippen molar-refractivity contribution in [3.8, 4) is 0 Å². The van der Waals surface area contributed by atoms with E-state index in [9.17, 15) is 0 Å². The third-order valence-electron chi connectivity index (χ3n) is 5.31. The van der Waals surface area contributed by atoms with E-state index in [-0.39, 0.29) is 0 Å². The van der Waals surface area contributed by atoms with Gasteiger partial charge in [0.05, 0.1) is 0 Å². The molecule has 1 saturated heterocycles. The van der Waals surface area contributed by atoms with Crippen molar-refractivity contribution in [3.05, 3.63) is 47.5 Å². The van der Waals surface area contributed by atoms with Gasteiger partial charge in [-0.25, -0.2) is 4.99 Å². The van der Waals surface area contributed by atoms with Crippen molar-refractivity contribution in [2.24, 2.45) is 4.99 Å². The topological polar surface area (TPSA) is 61.6 Å². The number of nitrogens with zero attached hydrogens (tertiary/aromatic N) is 6. The molecule has 7 nitrogen and oxygen atoms in total. The lowest BCUT2D eigenvalue weighted by molar-refractivity contribution is 0.172. The normalized spacial score (nSPS) is 18.0. The highest BCUT2D eigenvalue weighted by molar-refractivity contribution is 5.80. The van der Waals surface area contributed by atoms with E-state index in [1.807, 2.05) is 0 Å². The predicted octanol–water partition coefficient (Wildman–Crippen LogP) is 1.51. The maximum atomic E-state index is 4.86. The fourth-order valence-electron chi connectivity index (χ4n) is 3.86. The zero-order valence-electron chi connectivity index (χ0n) is 16.1. The number of hydrogen-bond acceptors (Lipinski definition) is 4. The first-order valence-electron chi connectivity index (χ1n) is 10.0. The number of aliphatic imine (C=N–C) groups is 1. The van der Waals surface area contributed by atoms with Crippen LogP contribution in [0.2, 0.25) is 0 Å². The van der Waals surface area contributed by atoms with Gasteiger partial charge in [0.15, 0.2) is 11.8 Å². The summed E-state index contributed by atoms with van der Waals surface area (Å²) in [6.45, 7) is 9.75. The lowest BCUT2D eigenvalue weighted by atomic mass is 10.2. The van der Waals surface area contributed by atoms with Gasteiger partial charge in [-0.3, -0.25) is 4.90 Å². The van der Waals surface area contributed by atoms with E-state index >= 15 is 0 Å². The van der Waals surface area contributed by atoms with Gasteiger partial charge in [-0.05, 0) is 18.9 Å². The molecule has 2 aliphatic rings. The van der Waals surface area contributed by atoms with E-state index in [1.165, 1.54) is 12.0 Å². The summed E-state index contributed by atoms with van der Waals surface area (Å²) in [6, 6.07) is 10.7. The number of hydrogen-bond donors (Lipinski definition) is 1. The summed E-state index contributed by atoms with van der Waals surface area (Å²) in [5.74, 6) is 3.09. The van der Waals surface area contributed by atoms with Crippen LogP contribution in [-0.2, 0) is 26.1 Å². The standard InChI is InChI=1S/C20H29N7/c1-2-21-20(22-15-19-24-23-18-9-6-10-27(18)19)26-13-11-25(12-14-26)16-17-7-4-3-5-8-17/h3-5,7-8H,2,6,9-16H2,1H3,(H,21,22). The molecule has 0 aliphatic carbocycles. The molecule has 144 valence electrons. The molecule has 2 aliphatic heterocycles. The van der Waals surface area contributed by atoms with Crippen molar-refractivity contribution in [2.75, 3.05) is 32.7 Å². The molecule has 1 aromatic carbocycles. The number of nitrogens with one attached hydrogen (secondary N) is 1. The van der Waals surface area contributed by atoms with Gasteiger partial charge in [-0.2, -0.15) is 0 Å². The Hall–Kier alpha value is -2.41. The largest absolute Gasteiger partial charge is 0.357 e. The Bertz CT molecular complexity index is 760. The monoisotopic (exact) mass is 367 g/mol. The molecule has 0 spiro atoms. The number of rotatable bonds is 5. The van der Waals surface area contributed by atoms with Crippen molar-refractivity contribution in [3.63, 3.8) is 0 Å². The summed E-state index contributed by atoms with van der Waals surface area (Å²) < 4.78 is 2.23. The van der Waals surface area contributed by atoms with Crippen LogP contribution in [0.15, 0.2) is 35.3 Å². The number of guanidine groups is 1. The van der Waals surface area contributed by atoms with Crippen LogP contribution < -0.4 is 5.32 Å². The minimum Gasteiger partial charge on any atom is -0.357 e. The Morgan fingerprint density at radius 3 is 2.67 bits per heavy atom. The fourth-order valence-corrected chi connectivity index (χ4v) is 3.86. The second-order valence-corrected chi connectivity index (χ2v) is 7.21. The van der Waals surface area contributed by atoms with E-state index < -0.39 is 0 Å². The van der Waals surface area contributed by atoms with Crippen LogP contribution in [0, 0.1) is 0 Å². The number of benzene rings is 1. The summed E-state index contributed by atoms with van der Waals surface area (Å²) in [5.41, 5.74) is 1.38. The van der Waals surface area contributed by atoms with Crippen molar-refractivity contribution in [2.45, 2.75) is 39.4 Å². The Kier molecular flexibility index (Phi) is 5.67. The predicted molar refractivity (Wildman–Crippen MR) is 106 cm³/mol. The molecule has 1 N–H and O–H groups in total. The third kappa shape index (κ3) is 4.30. The number of aromatic nitrogens is 3. The molecule has 0 amide bonds. The molecule has 0 bridgehead atoms. The molecule has 0 atom stereocenters. The molecule has 2 aromatic rings. The molecule has 0 saturated carbocycles. The molecular formula is C20H29N7. The average molecular weight is 368 g/mol. The molecule has 1 fully saturated rings. The smallest absolute Gasteiger partial charge is 0.194 e. The highest BCUT2D eigenvalue weighted by atomic mass is 15.4. The van der Waals surface area contributed by atoms with Gasteiger partial charge in [0.2, 0.25) is 0 Å². The van der Waals surface area contributed by atoms with Crippen LogP contribution in [0.3, 0.4) is 0 Å². The van der Waals surface area contributed by atoms with Crippen LogP contribution in [0.4, 0.5) is 0 Å². The van der Waals surface area contributed by atoms with E-state index in [1.54, 1.807) is 0 Å². The minimum atomic E-state index is 0.597. The summed E-state index contributed by atoms with van der Waals surface area (Å²) in [4.78, 5) is 9.74. The van der Waals surface area contributed by atoms with E-state index in [0.717, 1.165) is 69.8 Å². The van der Waals surface area contributed by atoms with Crippen LogP contribution in [0.25, 0.3) is 0 Å². The first-order chi connectivity index (χ1) is 13.3. The summed E-state index contributed by atoms with van der Waals surface area (Å²) in [5, 5.41) is 12.1. The molecule has 0 radical (unpaired) electrons. The first-order valence-corrected chi connectivity index (χ1v) is 10.0. The SMILES string of the molecule is CCNC(=NCc1nnc2n1CCC2)N1CCN(Cc2ccccc2)CC1. The van der Waals surface area contributed by atoms with Gasteiger partial charge in [-0.15, -0.1) is 10.2 Å². The second-order valence-electron chi connectivity index (χ2n) is 7.21. The Balaban J connectivity index is 1.35. The lowest BCUT2D eigenvalue weighted by Gasteiger charge is -2.36. The van der Waals surface area contributed by atoms with Crippen LogP contribution in [-0.4, -0.2) is 63.2 Å². The molecule has 27 heavy (non-hydrogen) atoms. The number of piperazine rings is 1. The van der Waals surface area contributed by atoms with Gasteiger partial charge in [0.1, 0.15) is 12.4 Å². The Morgan fingerprint density at radius 2 is 1.89 bits per heavy atom. The zero-order chi connectivity index (χ0) is 18.5. The highest BCUT2D eigenvalue weighted by Gasteiger charge is 2.21. The molecule has 3 heterocycles. The van der Waals surface area contributed by atoms with Crippen molar-refractivity contribution in [1.29, 1.82) is 0 Å². The molecule has 7 heteroatoms. The lowest BCUT2D eigenvalue weighted by Crippen LogP contribution is -2.52. The van der Waals surface area contributed by atoms with E-state index in [0.29, 0.717) is 6.54 Å². The summed E-state index contributed by atoms with van der Waals surface area (Å²) in [6.07, 6.45) is 2.21. The maximum Gasteiger partial charge on any atom is 0.194 e. The summed E-state index contributed by atoms with van der Waals surface area (Å²) >= 11 is 0. The zero-order valence-corrected chi connectivity index (χ0v) is 16.1. The Labute approximate surface area is 161 Å². The highest BCUT2D eigenvalue weighted by Crippen LogP contribution is 2.15. The fraction of sp³-hybridized carbons (Fsp3) is 0.550. The van der Waals surface area contributed by atoms with E-state index in [2.05, 4.69) is 67.1 Å². The van der Waals surface area contributed by atoms with Crippen molar-refractivity contribution < 1.29 is 0 Å². The second kappa shape index (κ2) is 8.52. The van der Waals surface area contributed by atoms with Crippen molar-refractivity contribution in [1.82, 2.24) is 29.9 Å². The van der Waals surface area contributed by atoms with E-state index in [4.69, 9.17) is 4.99 Å². The van der Waals surface area contributed by atoms with Crippen LogP contribution in [0.5, 0.6) is 0 Å². The summed E-state index contributed by atoms with van der Waals surface area (Å²) in [7, 11) is 0. The van der Waals surface area contributed by atoms with Gasteiger partial charge >= 0.3 is 0 Å². The molecular weight excluding hydrogens is 338 g/mol. The Morgan fingerprint density at radius 1 is 1.07 bits per heavy atom. The quantitative estimate of drug-likeness (QED) is 0.641. The molecule has 4 rings (SSSR count). The van der Waals surface area contributed by atoms with Gasteiger partial charge in [0.25, 0.3) is 0 Å². The number of aryl methyl sites for hydroxylation is 1. The third-order valence-corrected chi connectivity index (χ3v) is 5.31. The van der Waals surface area contributed by atoms with Crippen LogP contribution >= 0.6 is 0 Å².